The van der Waals surface area contributed by atoms with E-state index in [0.717, 1.165) is 18.4 Å². The number of phenolic OH excluding ortho intramolecular Hbond substituents is 1. The van der Waals surface area contributed by atoms with E-state index in [9.17, 15) is 9.90 Å². The van der Waals surface area contributed by atoms with Crippen LogP contribution in [0.25, 0.3) is 0 Å². The zero-order chi connectivity index (χ0) is 12.3. The molecule has 1 aromatic carbocycles. The van der Waals surface area contributed by atoms with Gasteiger partial charge in [-0.3, -0.25) is 0 Å². The van der Waals surface area contributed by atoms with Gasteiger partial charge >= 0.3 is 5.97 Å². The van der Waals surface area contributed by atoms with Crippen molar-refractivity contribution in [1.82, 2.24) is 0 Å². The molecule has 88 valence electrons. The van der Waals surface area contributed by atoms with Crippen molar-refractivity contribution in [2.75, 3.05) is 0 Å². The summed E-state index contributed by atoms with van der Waals surface area (Å²) in [5.74, 6) is -0.561. The molecule has 0 heterocycles. The van der Waals surface area contributed by atoms with Crippen LogP contribution in [0.3, 0.4) is 0 Å². The summed E-state index contributed by atoms with van der Waals surface area (Å²) in [5, 5.41) is 18.8. The van der Waals surface area contributed by atoms with Crippen LogP contribution >= 0.6 is 0 Å². The van der Waals surface area contributed by atoms with Gasteiger partial charge in [-0.1, -0.05) is 20.3 Å². The molecule has 1 rings (SSSR count). The van der Waals surface area contributed by atoms with Crippen molar-refractivity contribution < 1.29 is 15.0 Å². The van der Waals surface area contributed by atoms with Gasteiger partial charge < -0.3 is 10.2 Å². The lowest BCUT2D eigenvalue weighted by molar-refractivity contribution is 0.0696. The molecule has 0 saturated carbocycles. The van der Waals surface area contributed by atoms with Gasteiger partial charge in [-0.2, -0.15) is 0 Å². The third kappa shape index (κ3) is 2.54. The highest BCUT2D eigenvalue weighted by atomic mass is 16.4. The molecule has 0 saturated heterocycles. The highest BCUT2D eigenvalue weighted by Crippen LogP contribution is 2.31. The molecule has 0 aliphatic heterocycles. The van der Waals surface area contributed by atoms with E-state index in [1.54, 1.807) is 13.0 Å². The summed E-state index contributed by atoms with van der Waals surface area (Å²) in [5.41, 5.74) is 1.60. The van der Waals surface area contributed by atoms with Crippen LogP contribution in [-0.4, -0.2) is 16.2 Å². The average Bonchev–Trinajstić information content (AvgIpc) is 2.17. The Bertz CT molecular complexity index is 396. The van der Waals surface area contributed by atoms with Gasteiger partial charge in [-0.05, 0) is 42.5 Å². The molecule has 0 radical (unpaired) electrons. The molecular formula is C13H18O3. The fourth-order valence-corrected chi connectivity index (χ4v) is 1.92. The van der Waals surface area contributed by atoms with Gasteiger partial charge in [0.2, 0.25) is 0 Å². The second kappa shape index (κ2) is 5.01. The molecule has 16 heavy (non-hydrogen) atoms. The minimum Gasteiger partial charge on any atom is -0.508 e. The molecule has 3 heteroatoms. The van der Waals surface area contributed by atoms with E-state index < -0.39 is 5.97 Å². The normalized spacial score (nSPS) is 12.4. The number of carbonyl (C=O) groups is 1. The number of hydrogen-bond donors (Lipinski definition) is 2. The zero-order valence-electron chi connectivity index (χ0n) is 9.95. The van der Waals surface area contributed by atoms with Crippen LogP contribution in [0.15, 0.2) is 12.1 Å². The average molecular weight is 222 g/mol. The minimum absolute atomic E-state index is 0.184. The summed E-state index contributed by atoms with van der Waals surface area (Å²) >= 11 is 0. The zero-order valence-corrected chi connectivity index (χ0v) is 9.95. The molecule has 1 unspecified atom stereocenters. The number of carboxylic acid groups (broad SMARTS) is 1. The van der Waals surface area contributed by atoms with Crippen molar-refractivity contribution in [3.05, 3.63) is 28.8 Å². The van der Waals surface area contributed by atoms with Crippen molar-refractivity contribution in [3.63, 3.8) is 0 Å². The van der Waals surface area contributed by atoms with Crippen molar-refractivity contribution in [3.8, 4) is 5.75 Å². The molecule has 1 atom stereocenters. The van der Waals surface area contributed by atoms with Crippen LogP contribution in [0.1, 0.15) is 54.1 Å². The Balaban J connectivity index is 3.19. The van der Waals surface area contributed by atoms with Gasteiger partial charge in [0.05, 0.1) is 5.56 Å². The Hall–Kier alpha value is -1.51. The maximum atomic E-state index is 11.0. The summed E-state index contributed by atoms with van der Waals surface area (Å²) in [6.07, 6.45) is 1.95. The van der Waals surface area contributed by atoms with Crippen LogP contribution < -0.4 is 0 Å². The topological polar surface area (TPSA) is 57.5 Å². The second-order valence-corrected chi connectivity index (χ2v) is 4.22. The van der Waals surface area contributed by atoms with Crippen LogP contribution in [0.4, 0.5) is 0 Å². The van der Waals surface area contributed by atoms with E-state index in [0.29, 0.717) is 5.56 Å². The number of aromatic hydroxyl groups is 1. The summed E-state index contributed by atoms with van der Waals surface area (Å²) in [6.45, 7) is 5.76. The van der Waals surface area contributed by atoms with E-state index in [1.807, 2.05) is 6.92 Å². The Labute approximate surface area is 95.7 Å². The summed E-state index contributed by atoms with van der Waals surface area (Å²) < 4.78 is 0. The quantitative estimate of drug-likeness (QED) is 0.821. The number of benzene rings is 1. The molecule has 0 aromatic heterocycles. The first-order valence-corrected chi connectivity index (χ1v) is 5.54. The molecule has 3 nitrogen and oxygen atoms in total. The molecule has 0 aliphatic carbocycles. The minimum atomic E-state index is -0.942. The van der Waals surface area contributed by atoms with Crippen molar-refractivity contribution in [2.45, 2.75) is 39.5 Å². The SMILES string of the molecule is CCCC(C)c1cc(C(=O)O)c(C)cc1O. The van der Waals surface area contributed by atoms with Gasteiger partial charge in [0.15, 0.2) is 0 Å². The van der Waals surface area contributed by atoms with Gasteiger partial charge in [-0.25, -0.2) is 4.79 Å². The number of aryl methyl sites for hydroxylation is 1. The molecule has 1 aromatic rings. The second-order valence-electron chi connectivity index (χ2n) is 4.22. The Morgan fingerprint density at radius 3 is 2.56 bits per heavy atom. The van der Waals surface area contributed by atoms with Gasteiger partial charge in [0.25, 0.3) is 0 Å². The lowest BCUT2D eigenvalue weighted by Gasteiger charge is -2.14. The molecule has 0 spiro atoms. The van der Waals surface area contributed by atoms with Gasteiger partial charge in [-0.15, -0.1) is 0 Å². The Kier molecular flexibility index (Phi) is 3.93. The molecular weight excluding hydrogens is 204 g/mol. The molecule has 0 aliphatic rings. The van der Waals surface area contributed by atoms with E-state index in [2.05, 4.69) is 6.92 Å². The molecule has 0 amide bonds. The van der Waals surface area contributed by atoms with Crippen LogP contribution in [-0.2, 0) is 0 Å². The van der Waals surface area contributed by atoms with Crippen molar-refractivity contribution in [1.29, 1.82) is 0 Å². The van der Waals surface area contributed by atoms with Crippen molar-refractivity contribution in [2.24, 2.45) is 0 Å². The highest BCUT2D eigenvalue weighted by Gasteiger charge is 2.15. The first-order chi connectivity index (χ1) is 7.47. The van der Waals surface area contributed by atoms with E-state index in [-0.39, 0.29) is 17.2 Å². The van der Waals surface area contributed by atoms with Crippen LogP contribution in [0.2, 0.25) is 0 Å². The molecule has 0 fully saturated rings. The number of rotatable bonds is 4. The fourth-order valence-electron chi connectivity index (χ4n) is 1.92. The monoisotopic (exact) mass is 222 g/mol. The number of hydrogen-bond acceptors (Lipinski definition) is 2. The predicted molar refractivity (Wildman–Crippen MR) is 63.1 cm³/mol. The van der Waals surface area contributed by atoms with E-state index in [1.165, 1.54) is 6.07 Å². The maximum absolute atomic E-state index is 11.0. The lowest BCUT2D eigenvalue weighted by atomic mass is 9.92. The molecule has 2 N–H and O–H groups in total. The Morgan fingerprint density at radius 2 is 2.06 bits per heavy atom. The lowest BCUT2D eigenvalue weighted by Crippen LogP contribution is -2.03. The van der Waals surface area contributed by atoms with Crippen LogP contribution in [0.5, 0.6) is 5.75 Å². The highest BCUT2D eigenvalue weighted by molar-refractivity contribution is 5.90. The third-order valence-corrected chi connectivity index (χ3v) is 2.86. The first kappa shape index (κ1) is 12.6. The summed E-state index contributed by atoms with van der Waals surface area (Å²) in [7, 11) is 0. The largest absolute Gasteiger partial charge is 0.508 e. The maximum Gasteiger partial charge on any atom is 0.335 e. The van der Waals surface area contributed by atoms with Gasteiger partial charge in [0.1, 0.15) is 5.75 Å². The van der Waals surface area contributed by atoms with E-state index in [4.69, 9.17) is 5.11 Å². The van der Waals surface area contributed by atoms with Crippen molar-refractivity contribution >= 4 is 5.97 Å². The smallest absolute Gasteiger partial charge is 0.335 e. The summed E-state index contributed by atoms with van der Waals surface area (Å²) in [6, 6.07) is 3.12. The molecule has 0 bridgehead atoms. The van der Waals surface area contributed by atoms with Crippen LogP contribution in [0, 0.1) is 6.92 Å². The Morgan fingerprint density at radius 1 is 1.44 bits per heavy atom. The fraction of sp³-hybridized carbons (Fsp3) is 0.462. The standard InChI is InChI=1S/C13H18O3/c1-4-5-8(2)10-7-11(13(15)16)9(3)6-12(10)14/h6-8,14H,4-5H2,1-3H3,(H,15,16). The van der Waals surface area contributed by atoms with E-state index >= 15 is 0 Å². The third-order valence-electron chi connectivity index (χ3n) is 2.86. The number of aromatic carboxylic acids is 1. The first-order valence-electron chi connectivity index (χ1n) is 5.54. The number of carboxylic acids is 1. The van der Waals surface area contributed by atoms with Gasteiger partial charge in [0, 0.05) is 0 Å². The number of phenols is 1. The predicted octanol–water partition coefficient (Wildman–Crippen LogP) is 3.30. The summed E-state index contributed by atoms with van der Waals surface area (Å²) in [4.78, 5) is 11.0.